The Hall–Kier alpha value is -3.95. The number of fused-ring (bicyclic) bond motifs is 1. The van der Waals surface area contributed by atoms with Gasteiger partial charge in [0.1, 0.15) is 6.61 Å². The van der Waals surface area contributed by atoms with E-state index in [1.165, 1.54) is 0 Å². The van der Waals surface area contributed by atoms with E-state index in [0.717, 1.165) is 11.1 Å². The lowest BCUT2D eigenvalue weighted by atomic mass is 9.85. The molecular weight excluding hydrogens is 380 g/mol. The first-order chi connectivity index (χ1) is 14.5. The summed E-state index contributed by atoms with van der Waals surface area (Å²) in [6.45, 7) is 0.214. The number of carbonyl (C=O) groups excluding carboxylic acids is 2. The Morgan fingerprint density at radius 2 is 1.83 bits per heavy atom. The number of aliphatic hydroxyl groups is 1. The van der Waals surface area contributed by atoms with E-state index >= 15 is 0 Å². The maximum atomic E-state index is 13.2. The van der Waals surface area contributed by atoms with Crippen LogP contribution in [0.4, 0.5) is 5.69 Å². The molecule has 0 aliphatic carbocycles. The van der Waals surface area contributed by atoms with E-state index < -0.39 is 17.5 Å². The minimum Gasteiger partial charge on any atom is -0.457 e. The van der Waals surface area contributed by atoms with Gasteiger partial charge in [-0.1, -0.05) is 48.5 Å². The van der Waals surface area contributed by atoms with Crippen LogP contribution in [0.5, 0.6) is 0 Å². The quantitative estimate of drug-likeness (QED) is 0.643. The highest BCUT2D eigenvalue weighted by atomic mass is 16.5. The second kappa shape index (κ2) is 7.82. The molecule has 3 aromatic rings. The lowest BCUT2D eigenvalue weighted by Gasteiger charge is -2.28. The van der Waals surface area contributed by atoms with Gasteiger partial charge in [0.2, 0.25) is 0 Å². The van der Waals surface area contributed by atoms with E-state index in [9.17, 15) is 14.7 Å². The Bertz CT molecular complexity index is 1150. The Labute approximate surface area is 173 Å². The summed E-state index contributed by atoms with van der Waals surface area (Å²) in [5, 5.41) is 23.2. The molecule has 0 radical (unpaired) electrons. The Kier molecular flexibility index (Phi) is 5.05. The average Bonchev–Trinajstić information content (AvgIpc) is 3.14. The zero-order chi connectivity index (χ0) is 21.1. The summed E-state index contributed by atoms with van der Waals surface area (Å²) in [7, 11) is 0. The SMILES string of the molecule is N#Cc1ccc(C(O)(Cc2ccccc2)C(=O)Nc2ccc3c(c2)C(=O)OC3)cc1. The number of esters is 1. The molecule has 0 fully saturated rings. The summed E-state index contributed by atoms with van der Waals surface area (Å²) >= 11 is 0. The molecule has 2 N–H and O–H groups in total. The Morgan fingerprint density at radius 3 is 2.53 bits per heavy atom. The van der Waals surface area contributed by atoms with Gasteiger partial charge in [0, 0.05) is 17.7 Å². The molecule has 1 heterocycles. The van der Waals surface area contributed by atoms with Crippen molar-refractivity contribution in [2.45, 2.75) is 18.6 Å². The third-order valence-corrected chi connectivity index (χ3v) is 5.12. The zero-order valence-electron chi connectivity index (χ0n) is 16.0. The normalized spacial score (nSPS) is 14.2. The third kappa shape index (κ3) is 3.66. The highest BCUT2D eigenvalue weighted by molar-refractivity contribution is 6.00. The van der Waals surface area contributed by atoms with Crippen LogP contribution in [-0.4, -0.2) is 17.0 Å². The van der Waals surface area contributed by atoms with E-state index in [1.807, 2.05) is 36.4 Å². The number of ether oxygens (including phenoxy) is 1. The van der Waals surface area contributed by atoms with Crippen LogP contribution in [0.1, 0.15) is 32.6 Å². The molecular formula is C24H18N2O4. The van der Waals surface area contributed by atoms with Gasteiger partial charge < -0.3 is 15.2 Å². The molecule has 0 spiro atoms. The summed E-state index contributed by atoms with van der Waals surface area (Å²) in [6, 6.07) is 22.4. The first-order valence-electron chi connectivity index (χ1n) is 9.38. The zero-order valence-corrected chi connectivity index (χ0v) is 16.0. The second-order valence-electron chi connectivity index (χ2n) is 7.11. The van der Waals surface area contributed by atoms with Crippen LogP contribution in [-0.2, 0) is 28.2 Å². The first-order valence-corrected chi connectivity index (χ1v) is 9.38. The molecule has 0 saturated heterocycles. The van der Waals surface area contributed by atoms with Gasteiger partial charge in [0.25, 0.3) is 5.91 Å². The molecule has 6 nitrogen and oxygen atoms in total. The summed E-state index contributed by atoms with van der Waals surface area (Å²) in [5.41, 5.74) is 1.23. The summed E-state index contributed by atoms with van der Waals surface area (Å²) in [4.78, 5) is 25.0. The Balaban J connectivity index is 1.68. The molecule has 3 aromatic carbocycles. The second-order valence-corrected chi connectivity index (χ2v) is 7.11. The standard InChI is InChI=1S/C24H18N2O4/c25-14-17-6-9-19(10-7-17)24(29,13-16-4-2-1-3-5-16)23(28)26-20-11-8-18-15-30-22(27)21(18)12-20/h1-12,29H,13,15H2,(H,26,28). The fraction of sp³-hybridized carbons (Fsp3) is 0.125. The van der Waals surface area contributed by atoms with Crippen molar-refractivity contribution in [2.75, 3.05) is 5.32 Å². The van der Waals surface area contributed by atoms with Crippen molar-refractivity contribution in [3.8, 4) is 6.07 Å². The molecule has 148 valence electrons. The summed E-state index contributed by atoms with van der Waals surface area (Å²) in [5.74, 6) is -1.07. The summed E-state index contributed by atoms with van der Waals surface area (Å²) in [6.07, 6.45) is 0.0402. The van der Waals surface area contributed by atoms with E-state index in [0.29, 0.717) is 22.4 Å². The van der Waals surface area contributed by atoms with Crippen LogP contribution < -0.4 is 5.32 Å². The predicted octanol–water partition coefficient (Wildman–Crippen LogP) is 3.30. The number of nitrogens with one attached hydrogen (secondary N) is 1. The maximum Gasteiger partial charge on any atom is 0.338 e. The van der Waals surface area contributed by atoms with Gasteiger partial charge in [-0.25, -0.2) is 4.79 Å². The van der Waals surface area contributed by atoms with E-state index in [4.69, 9.17) is 10.00 Å². The molecule has 1 atom stereocenters. The van der Waals surface area contributed by atoms with E-state index in [-0.39, 0.29) is 13.0 Å². The number of nitrogens with zero attached hydrogens (tertiary/aromatic N) is 1. The van der Waals surface area contributed by atoms with Crippen molar-refractivity contribution in [1.29, 1.82) is 5.26 Å². The third-order valence-electron chi connectivity index (χ3n) is 5.12. The first kappa shape index (κ1) is 19.4. The molecule has 1 aliphatic rings. The number of cyclic esters (lactones) is 1. The number of amides is 1. The van der Waals surface area contributed by atoms with E-state index in [2.05, 4.69) is 5.32 Å². The van der Waals surface area contributed by atoms with Gasteiger partial charge in [-0.15, -0.1) is 0 Å². The van der Waals surface area contributed by atoms with Crippen LogP contribution in [0.15, 0.2) is 72.8 Å². The highest BCUT2D eigenvalue weighted by Crippen LogP contribution is 2.30. The molecule has 0 saturated carbocycles. The maximum absolute atomic E-state index is 13.2. The number of hydrogen-bond donors (Lipinski definition) is 2. The molecule has 1 unspecified atom stereocenters. The minimum atomic E-state index is -1.88. The van der Waals surface area contributed by atoms with Crippen LogP contribution >= 0.6 is 0 Å². The van der Waals surface area contributed by atoms with Crippen molar-refractivity contribution in [1.82, 2.24) is 0 Å². The number of carbonyl (C=O) groups is 2. The van der Waals surface area contributed by atoms with E-state index in [1.54, 1.807) is 42.5 Å². The fourth-order valence-electron chi connectivity index (χ4n) is 3.45. The van der Waals surface area contributed by atoms with Crippen LogP contribution in [0.25, 0.3) is 0 Å². The number of benzene rings is 3. The van der Waals surface area contributed by atoms with Gasteiger partial charge in [-0.3, -0.25) is 4.79 Å². The van der Waals surface area contributed by atoms with Crippen molar-refractivity contribution in [2.24, 2.45) is 0 Å². The highest BCUT2D eigenvalue weighted by Gasteiger charge is 2.38. The predicted molar refractivity (Wildman–Crippen MR) is 109 cm³/mol. The van der Waals surface area contributed by atoms with Gasteiger partial charge in [0.15, 0.2) is 5.60 Å². The number of anilines is 1. The van der Waals surface area contributed by atoms with Crippen molar-refractivity contribution in [3.63, 3.8) is 0 Å². The molecule has 1 amide bonds. The fourth-order valence-corrected chi connectivity index (χ4v) is 3.45. The summed E-state index contributed by atoms with van der Waals surface area (Å²) < 4.78 is 4.99. The molecule has 30 heavy (non-hydrogen) atoms. The Morgan fingerprint density at radius 1 is 1.10 bits per heavy atom. The van der Waals surface area contributed by atoms with Gasteiger partial charge >= 0.3 is 5.97 Å². The molecule has 4 rings (SSSR count). The molecule has 1 aliphatic heterocycles. The number of hydrogen-bond acceptors (Lipinski definition) is 5. The number of rotatable bonds is 5. The van der Waals surface area contributed by atoms with Crippen LogP contribution in [0.2, 0.25) is 0 Å². The monoisotopic (exact) mass is 398 g/mol. The smallest absolute Gasteiger partial charge is 0.338 e. The lowest BCUT2D eigenvalue weighted by molar-refractivity contribution is -0.135. The van der Waals surface area contributed by atoms with Crippen LogP contribution in [0.3, 0.4) is 0 Å². The molecule has 0 bridgehead atoms. The topological polar surface area (TPSA) is 99.4 Å². The minimum absolute atomic E-state index is 0.0402. The molecule has 0 aromatic heterocycles. The largest absolute Gasteiger partial charge is 0.457 e. The van der Waals surface area contributed by atoms with Crippen molar-refractivity contribution in [3.05, 3.63) is 101 Å². The van der Waals surface area contributed by atoms with Gasteiger partial charge in [0.05, 0.1) is 17.2 Å². The van der Waals surface area contributed by atoms with Crippen molar-refractivity contribution >= 4 is 17.6 Å². The van der Waals surface area contributed by atoms with Gasteiger partial charge in [-0.2, -0.15) is 5.26 Å². The van der Waals surface area contributed by atoms with Crippen molar-refractivity contribution < 1.29 is 19.4 Å². The lowest BCUT2D eigenvalue weighted by Crippen LogP contribution is -2.42. The average molecular weight is 398 g/mol. The van der Waals surface area contributed by atoms with Crippen LogP contribution in [0, 0.1) is 11.3 Å². The number of nitriles is 1. The molecule has 6 heteroatoms. The van der Waals surface area contributed by atoms with Gasteiger partial charge in [-0.05, 0) is 35.4 Å².